The molecule has 0 saturated heterocycles. The van der Waals surface area contributed by atoms with Crippen LogP contribution in [0.25, 0.3) is 17.0 Å². The van der Waals surface area contributed by atoms with Gasteiger partial charge < -0.3 is 15.0 Å². The Morgan fingerprint density at radius 1 is 1.19 bits per heavy atom. The van der Waals surface area contributed by atoms with Crippen LogP contribution in [0, 0.1) is 13.8 Å². The second kappa shape index (κ2) is 7.91. The molecule has 1 amide bonds. The lowest BCUT2D eigenvalue weighted by Crippen LogP contribution is -2.23. The molecular weight excluding hydrogens is 324 g/mol. The van der Waals surface area contributed by atoms with Crippen LogP contribution in [0.15, 0.2) is 48.7 Å². The van der Waals surface area contributed by atoms with Crippen molar-refractivity contribution in [1.82, 2.24) is 10.3 Å². The SMILES string of the molecule is COc1cc(C)c(/C=C/C(=O)NCCc2c[nH]c3ccccc23)c(C)c1. The fourth-order valence-corrected chi connectivity index (χ4v) is 3.19. The summed E-state index contributed by atoms with van der Waals surface area (Å²) in [5, 5.41) is 4.16. The smallest absolute Gasteiger partial charge is 0.244 e. The van der Waals surface area contributed by atoms with Gasteiger partial charge in [-0.25, -0.2) is 0 Å². The molecule has 0 saturated carbocycles. The first-order valence-corrected chi connectivity index (χ1v) is 8.74. The molecule has 134 valence electrons. The number of hydrogen-bond acceptors (Lipinski definition) is 2. The number of fused-ring (bicyclic) bond motifs is 1. The molecule has 3 rings (SSSR count). The molecule has 0 radical (unpaired) electrons. The number of ether oxygens (including phenoxy) is 1. The molecule has 2 N–H and O–H groups in total. The van der Waals surface area contributed by atoms with Crippen molar-refractivity contribution in [3.8, 4) is 5.75 Å². The zero-order valence-electron chi connectivity index (χ0n) is 15.4. The normalized spacial score (nSPS) is 11.2. The number of nitrogens with one attached hydrogen (secondary N) is 2. The lowest BCUT2D eigenvalue weighted by molar-refractivity contribution is -0.116. The van der Waals surface area contributed by atoms with E-state index in [1.807, 2.05) is 50.4 Å². The van der Waals surface area contributed by atoms with E-state index in [-0.39, 0.29) is 5.91 Å². The first-order valence-electron chi connectivity index (χ1n) is 8.74. The quantitative estimate of drug-likeness (QED) is 0.657. The molecule has 0 aliphatic heterocycles. The van der Waals surface area contributed by atoms with Gasteiger partial charge in [0.25, 0.3) is 0 Å². The van der Waals surface area contributed by atoms with Gasteiger partial charge in [-0.05, 0) is 66.8 Å². The highest BCUT2D eigenvalue weighted by molar-refractivity contribution is 5.92. The fourth-order valence-electron chi connectivity index (χ4n) is 3.19. The summed E-state index contributed by atoms with van der Waals surface area (Å²) in [5.74, 6) is 0.750. The number of benzene rings is 2. The van der Waals surface area contributed by atoms with E-state index in [4.69, 9.17) is 4.74 Å². The minimum absolute atomic E-state index is 0.0838. The maximum absolute atomic E-state index is 12.1. The molecule has 3 aromatic rings. The Balaban J connectivity index is 1.58. The van der Waals surface area contributed by atoms with Crippen LogP contribution >= 0.6 is 0 Å². The highest BCUT2D eigenvalue weighted by Gasteiger charge is 2.05. The van der Waals surface area contributed by atoms with Crippen molar-refractivity contribution in [2.45, 2.75) is 20.3 Å². The monoisotopic (exact) mass is 348 g/mol. The van der Waals surface area contributed by atoms with Gasteiger partial charge in [0.15, 0.2) is 0 Å². The van der Waals surface area contributed by atoms with Gasteiger partial charge in [-0.1, -0.05) is 18.2 Å². The molecule has 26 heavy (non-hydrogen) atoms. The van der Waals surface area contributed by atoms with Crippen molar-refractivity contribution in [3.05, 3.63) is 70.9 Å². The van der Waals surface area contributed by atoms with Crippen LogP contribution in [0.2, 0.25) is 0 Å². The van der Waals surface area contributed by atoms with E-state index in [9.17, 15) is 4.79 Å². The number of aryl methyl sites for hydroxylation is 2. The molecule has 0 fully saturated rings. The summed E-state index contributed by atoms with van der Waals surface area (Å²) in [5.41, 5.74) is 5.57. The number of rotatable bonds is 6. The van der Waals surface area contributed by atoms with Crippen molar-refractivity contribution in [2.75, 3.05) is 13.7 Å². The first kappa shape index (κ1) is 17.8. The van der Waals surface area contributed by atoms with Crippen LogP contribution in [0.1, 0.15) is 22.3 Å². The molecule has 2 aromatic carbocycles. The van der Waals surface area contributed by atoms with Gasteiger partial charge in [0.2, 0.25) is 5.91 Å². The van der Waals surface area contributed by atoms with Crippen molar-refractivity contribution in [1.29, 1.82) is 0 Å². The number of H-pyrrole nitrogens is 1. The molecule has 4 nitrogen and oxygen atoms in total. The third-order valence-electron chi connectivity index (χ3n) is 4.57. The maximum Gasteiger partial charge on any atom is 0.244 e. The number of methoxy groups -OCH3 is 1. The lowest BCUT2D eigenvalue weighted by Gasteiger charge is -2.08. The predicted octanol–water partition coefficient (Wildman–Crippen LogP) is 4.17. The highest BCUT2D eigenvalue weighted by atomic mass is 16.5. The number of aromatic amines is 1. The fraction of sp³-hybridized carbons (Fsp3) is 0.227. The van der Waals surface area contributed by atoms with E-state index in [1.54, 1.807) is 13.2 Å². The van der Waals surface area contributed by atoms with Crippen LogP contribution in [-0.4, -0.2) is 24.5 Å². The Labute approximate surface area is 153 Å². The van der Waals surface area contributed by atoms with Crippen LogP contribution in [0.3, 0.4) is 0 Å². The van der Waals surface area contributed by atoms with Gasteiger partial charge in [-0.15, -0.1) is 0 Å². The van der Waals surface area contributed by atoms with Crippen LogP contribution < -0.4 is 10.1 Å². The van der Waals surface area contributed by atoms with Crippen LogP contribution in [0.4, 0.5) is 0 Å². The number of para-hydroxylation sites is 1. The molecule has 4 heteroatoms. The standard InChI is InChI=1S/C22H24N2O2/c1-15-12-18(26-3)13-16(2)19(15)8-9-22(25)23-11-10-17-14-24-21-7-5-4-6-20(17)21/h4-9,12-14,24H,10-11H2,1-3H3,(H,23,25)/b9-8+. The number of carbonyl (C=O) groups excluding carboxylic acids is 1. The molecule has 0 spiro atoms. The van der Waals surface area contributed by atoms with E-state index >= 15 is 0 Å². The highest BCUT2D eigenvalue weighted by Crippen LogP contribution is 2.22. The Morgan fingerprint density at radius 3 is 2.65 bits per heavy atom. The molecule has 1 heterocycles. The number of carbonyl (C=O) groups is 1. The largest absolute Gasteiger partial charge is 0.497 e. The van der Waals surface area contributed by atoms with Gasteiger partial charge in [0.05, 0.1) is 7.11 Å². The zero-order valence-corrected chi connectivity index (χ0v) is 15.4. The summed E-state index contributed by atoms with van der Waals surface area (Å²) in [6.07, 6.45) is 6.27. The molecule has 0 aliphatic rings. The molecule has 1 aromatic heterocycles. The predicted molar refractivity (Wildman–Crippen MR) is 107 cm³/mol. The van der Waals surface area contributed by atoms with Gasteiger partial charge in [0, 0.05) is 29.7 Å². The Bertz CT molecular complexity index is 931. The maximum atomic E-state index is 12.1. The number of amides is 1. The third kappa shape index (κ3) is 3.97. The third-order valence-corrected chi connectivity index (χ3v) is 4.57. The summed E-state index contributed by atoms with van der Waals surface area (Å²) in [4.78, 5) is 15.4. The van der Waals surface area contributed by atoms with E-state index in [1.165, 1.54) is 10.9 Å². The van der Waals surface area contributed by atoms with E-state index in [0.29, 0.717) is 6.54 Å². The Kier molecular flexibility index (Phi) is 5.42. The Hall–Kier alpha value is -3.01. The zero-order chi connectivity index (χ0) is 18.5. The molecular formula is C22H24N2O2. The van der Waals surface area contributed by atoms with Crippen LogP contribution in [0.5, 0.6) is 5.75 Å². The molecule has 0 bridgehead atoms. The van der Waals surface area contributed by atoms with E-state index < -0.39 is 0 Å². The minimum Gasteiger partial charge on any atom is -0.497 e. The van der Waals surface area contributed by atoms with E-state index in [2.05, 4.69) is 22.4 Å². The average molecular weight is 348 g/mol. The lowest BCUT2D eigenvalue weighted by atomic mass is 10.0. The van der Waals surface area contributed by atoms with Gasteiger partial charge in [-0.2, -0.15) is 0 Å². The summed E-state index contributed by atoms with van der Waals surface area (Å²) in [6, 6.07) is 12.1. The minimum atomic E-state index is -0.0838. The average Bonchev–Trinajstić information content (AvgIpc) is 3.04. The van der Waals surface area contributed by atoms with Crippen LogP contribution in [-0.2, 0) is 11.2 Å². The Morgan fingerprint density at radius 2 is 1.92 bits per heavy atom. The second-order valence-corrected chi connectivity index (χ2v) is 6.41. The molecule has 0 unspecified atom stereocenters. The van der Waals surface area contributed by atoms with Crippen molar-refractivity contribution < 1.29 is 9.53 Å². The van der Waals surface area contributed by atoms with Gasteiger partial charge in [0.1, 0.15) is 5.75 Å². The summed E-state index contributed by atoms with van der Waals surface area (Å²) in [7, 11) is 1.66. The second-order valence-electron chi connectivity index (χ2n) is 6.41. The molecule has 0 atom stereocenters. The topological polar surface area (TPSA) is 54.1 Å². The van der Waals surface area contributed by atoms with E-state index in [0.717, 1.165) is 34.4 Å². The number of aromatic nitrogens is 1. The van der Waals surface area contributed by atoms with Gasteiger partial charge >= 0.3 is 0 Å². The van der Waals surface area contributed by atoms with Crippen molar-refractivity contribution in [2.24, 2.45) is 0 Å². The van der Waals surface area contributed by atoms with Crippen molar-refractivity contribution >= 4 is 22.9 Å². The van der Waals surface area contributed by atoms with Gasteiger partial charge in [-0.3, -0.25) is 4.79 Å². The molecule has 0 aliphatic carbocycles. The number of hydrogen-bond donors (Lipinski definition) is 2. The summed E-state index contributed by atoms with van der Waals surface area (Å²) < 4.78 is 5.27. The summed E-state index contributed by atoms with van der Waals surface area (Å²) in [6.45, 7) is 4.64. The van der Waals surface area contributed by atoms with Crippen molar-refractivity contribution in [3.63, 3.8) is 0 Å². The summed E-state index contributed by atoms with van der Waals surface area (Å²) >= 11 is 0. The first-order chi connectivity index (χ1) is 12.6.